The monoisotopic (exact) mass is 1200 g/mol. The summed E-state index contributed by atoms with van der Waals surface area (Å²) in [5, 5.41) is 7.62. The molecule has 17 rings (SSSR count). The zero-order valence-corrected chi connectivity index (χ0v) is 53.9. The van der Waals surface area contributed by atoms with Gasteiger partial charge in [-0.2, -0.15) is 0 Å². The molecule has 0 aromatic heterocycles. The number of anilines is 9. The highest BCUT2D eigenvalue weighted by molar-refractivity contribution is 7.00. The van der Waals surface area contributed by atoms with Crippen LogP contribution in [0.1, 0.15) is 52.7 Å². The van der Waals surface area contributed by atoms with Crippen LogP contribution < -0.4 is 31.1 Å². The van der Waals surface area contributed by atoms with E-state index in [2.05, 4.69) is 372 Å². The van der Waals surface area contributed by atoms with E-state index in [1.54, 1.807) is 0 Å². The van der Waals surface area contributed by atoms with Crippen molar-refractivity contribution in [2.45, 2.75) is 52.4 Å². The first-order chi connectivity index (χ1) is 45.9. The molecule has 0 amide bonds. The number of fused-ring (bicyclic) bond motifs is 4. The number of hydrogen-bond donors (Lipinski definition) is 0. The Balaban J connectivity index is 1.05. The minimum atomic E-state index is -0.222. The van der Waals surface area contributed by atoms with Gasteiger partial charge in [-0.15, -0.1) is 0 Å². The molecule has 0 saturated carbocycles. The molecule has 0 spiro atoms. The molecule has 2 heterocycles. The van der Waals surface area contributed by atoms with E-state index in [0.29, 0.717) is 0 Å². The van der Waals surface area contributed by atoms with E-state index in [1.165, 1.54) is 93.2 Å². The van der Waals surface area contributed by atoms with E-state index in [-0.39, 0.29) is 17.5 Å². The fraction of sp³-hybridized carbons (Fsp3) is 0.0889. The van der Waals surface area contributed by atoms with Crippen molar-refractivity contribution in [1.82, 2.24) is 0 Å². The maximum Gasteiger partial charge on any atom is 0.252 e. The molecule has 2 aliphatic heterocycles. The second-order valence-electron chi connectivity index (χ2n) is 27.6. The predicted octanol–water partition coefficient (Wildman–Crippen LogP) is 23.1. The number of rotatable bonds is 10. The molecule has 4 heteroatoms. The quantitative estimate of drug-likeness (QED) is 0.0998. The van der Waals surface area contributed by atoms with Crippen LogP contribution in [0.15, 0.2) is 315 Å². The molecular weight excluding hydrogens is 1130 g/mol. The van der Waals surface area contributed by atoms with Crippen molar-refractivity contribution < 1.29 is 0 Å². The summed E-state index contributed by atoms with van der Waals surface area (Å²) in [6.07, 6.45) is 0. The molecule has 15 aromatic rings. The lowest BCUT2D eigenvalue weighted by molar-refractivity contribution is 0.590. The normalized spacial score (nSPS) is 12.7. The van der Waals surface area contributed by atoms with Crippen molar-refractivity contribution in [2.75, 3.05) is 14.7 Å². The summed E-state index contributed by atoms with van der Waals surface area (Å²) in [4.78, 5) is 7.81. The molecule has 0 unspecified atom stereocenters. The molecule has 0 saturated heterocycles. The van der Waals surface area contributed by atoms with Gasteiger partial charge in [-0.1, -0.05) is 296 Å². The van der Waals surface area contributed by atoms with Gasteiger partial charge in [0.1, 0.15) is 0 Å². The van der Waals surface area contributed by atoms with Gasteiger partial charge in [0.15, 0.2) is 0 Å². The smallest absolute Gasteiger partial charge is 0.252 e. The maximum atomic E-state index is 2.67. The van der Waals surface area contributed by atoms with Crippen LogP contribution in [0.4, 0.5) is 51.2 Å². The Hall–Kier alpha value is -11.2. The van der Waals surface area contributed by atoms with Crippen molar-refractivity contribution in [3.05, 3.63) is 327 Å². The highest BCUT2D eigenvalue weighted by Crippen LogP contribution is 2.55. The standard InChI is InChI=1S/C90H70BN3/c1-89(2,3)66-47-52-80(77(55-66)75-49-44-64-43-42-62-32-24-33-63-45-50-76(75)86(64)85(62)63)93-81-53-48-67(90(4,5)6)56-79(81)91-78-54-65(72-39-23-22-38-71(72)59-26-12-7-13-27-59)46-51-82(78)94(88-73(60-28-14-8-15-29-60)40-25-41-74(88)61-30-16-9-17-31-61)84-58-70(57-83(93)87(84)91)92(68-34-18-10-19-35-68)69-36-20-11-21-37-69/h7-58H,1-6H3. The molecule has 0 atom stereocenters. The number of para-hydroxylation sites is 3. The fourth-order valence-corrected chi connectivity index (χ4v) is 15.3. The first-order valence-corrected chi connectivity index (χ1v) is 33.1. The minimum absolute atomic E-state index is 0.155. The van der Waals surface area contributed by atoms with Crippen LogP contribution >= 0.6 is 0 Å². The van der Waals surface area contributed by atoms with Gasteiger partial charge in [0, 0.05) is 50.8 Å². The van der Waals surface area contributed by atoms with Gasteiger partial charge in [-0.05, 0) is 170 Å². The van der Waals surface area contributed by atoms with E-state index in [1.807, 2.05) is 0 Å². The summed E-state index contributed by atoms with van der Waals surface area (Å²) < 4.78 is 0. The molecule has 0 N–H and O–H groups in total. The molecule has 0 bridgehead atoms. The maximum absolute atomic E-state index is 2.67. The molecule has 0 radical (unpaired) electrons. The van der Waals surface area contributed by atoms with Gasteiger partial charge in [0.25, 0.3) is 6.71 Å². The zero-order chi connectivity index (χ0) is 63.4. The number of nitrogens with zero attached hydrogens (tertiary/aromatic N) is 3. The lowest BCUT2D eigenvalue weighted by Crippen LogP contribution is -2.61. The SMILES string of the molecule is CC(C)(C)c1ccc2c(c1)B1c3cc(-c4ccccc4-c4ccccc4)ccc3N(c3c(-c4ccccc4)cccc3-c3ccccc3)c3cc(N(c4ccccc4)c4ccccc4)cc(c31)N2c1ccc(C(C)(C)C)cc1-c1ccc2ccc3cccc4ccc1c2c34. The molecule has 2 aliphatic rings. The van der Waals surface area contributed by atoms with Crippen LogP contribution in [0.2, 0.25) is 0 Å². The van der Waals surface area contributed by atoms with E-state index < -0.39 is 0 Å². The van der Waals surface area contributed by atoms with Gasteiger partial charge >= 0.3 is 0 Å². The van der Waals surface area contributed by atoms with Crippen LogP contribution in [-0.4, -0.2) is 6.71 Å². The zero-order valence-electron chi connectivity index (χ0n) is 53.9. The Morgan fingerprint density at radius 1 is 0.277 bits per heavy atom. The minimum Gasteiger partial charge on any atom is -0.311 e. The summed E-state index contributed by atoms with van der Waals surface area (Å²) in [5.41, 5.74) is 27.7. The van der Waals surface area contributed by atoms with Crippen molar-refractivity contribution in [3.63, 3.8) is 0 Å². The Morgan fingerprint density at radius 3 is 1.30 bits per heavy atom. The van der Waals surface area contributed by atoms with Crippen molar-refractivity contribution in [1.29, 1.82) is 0 Å². The van der Waals surface area contributed by atoms with E-state index in [4.69, 9.17) is 0 Å². The summed E-state index contributed by atoms with van der Waals surface area (Å²) in [5.74, 6) is 0. The highest BCUT2D eigenvalue weighted by Gasteiger charge is 2.46. The Kier molecular flexibility index (Phi) is 13.5. The van der Waals surface area contributed by atoms with E-state index in [0.717, 1.165) is 73.4 Å². The van der Waals surface area contributed by atoms with Crippen LogP contribution in [-0.2, 0) is 10.8 Å². The van der Waals surface area contributed by atoms with Crippen LogP contribution in [0, 0.1) is 0 Å². The van der Waals surface area contributed by atoms with Gasteiger partial charge in [-0.25, -0.2) is 0 Å². The molecule has 15 aromatic carbocycles. The van der Waals surface area contributed by atoms with Gasteiger partial charge in [0.05, 0.1) is 17.1 Å². The fourth-order valence-electron chi connectivity index (χ4n) is 15.3. The number of hydrogen-bond acceptors (Lipinski definition) is 3. The van der Waals surface area contributed by atoms with Crippen LogP contribution in [0.5, 0.6) is 0 Å². The van der Waals surface area contributed by atoms with Gasteiger partial charge < -0.3 is 14.7 Å². The topological polar surface area (TPSA) is 9.72 Å². The van der Waals surface area contributed by atoms with E-state index >= 15 is 0 Å². The average molecular weight is 1200 g/mol. The van der Waals surface area contributed by atoms with Crippen molar-refractivity contribution in [2.24, 2.45) is 0 Å². The van der Waals surface area contributed by atoms with Crippen LogP contribution in [0.3, 0.4) is 0 Å². The Morgan fingerprint density at radius 2 is 0.713 bits per heavy atom. The lowest BCUT2D eigenvalue weighted by atomic mass is 9.33. The second kappa shape index (κ2) is 22.3. The van der Waals surface area contributed by atoms with Crippen LogP contribution in [0.25, 0.3) is 88.0 Å². The lowest BCUT2D eigenvalue weighted by Gasteiger charge is -2.46. The first-order valence-electron chi connectivity index (χ1n) is 33.1. The summed E-state index contributed by atoms with van der Waals surface area (Å²) in [6, 6.07) is 119. The Bertz CT molecular complexity index is 5290. The molecular formula is C90H70BN3. The third kappa shape index (κ3) is 9.41. The highest BCUT2D eigenvalue weighted by atomic mass is 15.2. The average Bonchev–Trinajstić information content (AvgIpc) is 0.691. The number of benzene rings is 15. The van der Waals surface area contributed by atoms with Gasteiger partial charge in [0.2, 0.25) is 0 Å². The molecule has 0 aliphatic carbocycles. The largest absolute Gasteiger partial charge is 0.311 e. The van der Waals surface area contributed by atoms with Gasteiger partial charge in [-0.3, -0.25) is 0 Å². The molecule has 3 nitrogen and oxygen atoms in total. The third-order valence-electron chi connectivity index (χ3n) is 19.9. The summed E-state index contributed by atoms with van der Waals surface area (Å²) in [6.45, 7) is 13.9. The first kappa shape index (κ1) is 56.8. The second-order valence-corrected chi connectivity index (χ2v) is 27.6. The van der Waals surface area contributed by atoms with Crippen molar-refractivity contribution in [3.8, 4) is 55.6 Å². The predicted molar refractivity (Wildman–Crippen MR) is 403 cm³/mol. The van der Waals surface area contributed by atoms with Crippen molar-refractivity contribution >= 4 is 107 Å². The summed E-state index contributed by atoms with van der Waals surface area (Å²) >= 11 is 0. The van der Waals surface area contributed by atoms with E-state index in [9.17, 15) is 0 Å². The molecule has 448 valence electrons. The summed E-state index contributed by atoms with van der Waals surface area (Å²) in [7, 11) is 0. The molecule has 94 heavy (non-hydrogen) atoms. The third-order valence-corrected chi connectivity index (χ3v) is 19.9. The molecule has 0 fully saturated rings. The Labute approximate surface area is 552 Å².